The molecule has 0 aliphatic rings. The first-order valence-electron chi connectivity index (χ1n) is 5.27. The highest BCUT2D eigenvalue weighted by molar-refractivity contribution is 6.83. The quantitative estimate of drug-likeness (QED) is 0.585. The second kappa shape index (κ2) is 5.62. The Balaban J connectivity index is 4.40. The summed E-state index contributed by atoms with van der Waals surface area (Å²) < 4.78 is 26.5. The zero-order valence-electron chi connectivity index (χ0n) is 9.90. The van der Waals surface area contributed by atoms with E-state index in [4.69, 9.17) is 0 Å². The minimum Gasteiger partial charge on any atom is -0.374 e. The van der Waals surface area contributed by atoms with Crippen molar-refractivity contribution in [3.63, 3.8) is 0 Å². The molecule has 0 aliphatic carbocycles. The molecule has 88 valence electrons. The second-order valence-corrected chi connectivity index (χ2v) is 9.54. The summed E-state index contributed by atoms with van der Waals surface area (Å²) in [5.74, 6) is -0.778. The summed E-state index contributed by atoms with van der Waals surface area (Å²) in [5, 5.41) is 9.27. The molecule has 1 unspecified atom stereocenters. The molecular weight excluding hydrogens is 214 g/mol. The van der Waals surface area contributed by atoms with Crippen molar-refractivity contribution in [3.8, 4) is 11.5 Å². The van der Waals surface area contributed by atoms with E-state index >= 15 is 0 Å². The van der Waals surface area contributed by atoms with Gasteiger partial charge in [0.15, 0.2) is 6.10 Å². The fraction of sp³-hybridized carbons (Fsp3) is 0.818. The van der Waals surface area contributed by atoms with Crippen LogP contribution in [0, 0.1) is 11.5 Å². The molecule has 0 aromatic carbocycles. The highest BCUT2D eigenvalue weighted by atomic mass is 28.3. The number of aliphatic hydroxyl groups excluding tert-OH is 1. The normalized spacial score (nSPS) is 14.3. The van der Waals surface area contributed by atoms with Gasteiger partial charge in [0.25, 0.3) is 5.92 Å². The van der Waals surface area contributed by atoms with Crippen molar-refractivity contribution in [2.75, 3.05) is 0 Å². The van der Waals surface area contributed by atoms with Crippen LogP contribution in [0.4, 0.5) is 8.78 Å². The fourth-order valence-corrected chi connectivity index (χ4v) is 1.51. The summed E-state index contributed by atoms with van der Waals surface area (Å²) in [4.78, 5) is 0. The number of halogens is 2. The molecule has 1 N–H and O–H groups in total. The smallest absolute Gasteiger partial charge is 0.284 e. The number of hydrogen-bond donors (Lipinski definition) is 1. The Labute approximate surface area is 91.9 Å². The number of alkyl halides is 2. The molecule has 0 saturated carbocycles. The van der Waals surface area contributed by atoms with E-state index in [0.29, 0.717) is 12.8 Å². The molecule has 1 atom stereocenters. The van der Waals surface area contributed by atoms with E-state index in [0.717, 1.165) is 0 Å². The Morgan fingerprint density at radius 2 is 1.87 bits per heavy atom. The van der Waals surface area contributed by atoms with Crippen LogP contribution in [-0.4, -0.2) is 25.2 Å². The lowest BCUT2D eigenvalue weighted by molar-refractivity contribution is -0.0887. The number of rotatable bonds is 4. The van der Waals surface area contributed by atoms with Gasteiger partial charge in [-0.1, -0.05) is 38.9 Å². The van der Waals surface area contributed by atoms with E-state index in [1.54, 1.807) is 0 Å². The van der Waals surface area contributed by atoms with Crippen LogP contribution in [0.25, 0.3) is 0 Å². The molecule has 0 fully saturated rings. The minimum atomic E-state index is -3.07. The van der Waals surface area contributed by atoms with Gasteiger partial charge in [0.1, 0.15) is 8.07 Å². The maximum Gasteiger partial charge on any atom is 0.284 e. The fourth-order valence-electron chi connectivity index (χ4n) is 0.940. The number of hydrogen-bond acceptors (Lipinski definition) is 1. The molecule has 0 radical (unpaired) electrons. The van der Waals surface area contributed by atoms with E-state index in [1.165, 1.54) is 0 Å². The third kappa shape index (κ3) is 6.64. The molecule has 0 aromatic rings. The van der Waals surface area contributed by atoms with E-state index < -0.39 is 20.1 Å². The molecule has 0 saturated heterocycles. The molecule has 1 nitrogen and oxygen atoms in total. The van der Waals surface area contributed by atoms with Gasteiger partial charge in [-0.15, -0.1) is 5.54 Å². The topological polar surface area (TPSA) is 20.2 Å². The molecular formula is C11H20F2OSi. The average molecular weight is 234 g/mol. The molecule has 0 aliphatic heterocycles. The van der Waals surface area contributed by atoms with Gasteiger partial charge in [0, 0.05) is 6.42 Å². The van der Waals surface area contributed by atoms with Crippen molar-refractivity contribution < 1.29 is 13.9 Å². The van der Waals surface area contributed by atoms with E-state index in [-0.39, 0.29) is 6.42 Å². The maximum atomic E-state index is 13.2. The van der Waals surface area contributed by atoms with Crippen molar-refractivity contribution in [2.24, 2.45) is 0 Å². The van der Waals surface area contributed by atoms with E-state index in [9.17, 15) is 13.9 Å². The van der Waals surface area contributed by atoms with Crippen LogP contribution >= 0.6 is 0 Å². The Kier molecular flexibility index (Phi) is 5.47. The van der Waals surface area contributed by atoms with Gasteiger partial charge < -0.3 is 5.11 Å². The van der Waals surface area contributed by atoms with Gasteiger partial charge in [0.2, 0.25) is 0 Å². The van der Waals surface area contributed by atoms with Crippen LogP contribution in [0.5, 0.6) is 0 Å². The van der Waals surface area contributed by atoms with Crippen LogP contribution in [-0.2, 0) is 0 Å². The summed E-state index contributed by atoms with van der Waals surface area (Å²) in [7, 11) is -1.68. The largest absolute Gasteiger partial charge is 0.374 e. The minimum absolute atomic E-state index is 0.287. The third-order valence-electron chi connectivity index (χ3n) is 1.85. The maximum absolute atomic E-state index is 13.2. The zero-order chi connectivity index (χ0) is 12.1. The van der Waals surface area contributed by atoms with Crippen LogP contribution in [0.1, 0.15) is 26.2 Å². The molecule has 0 heterocycles. The third-order valence-corrected chi connectivity index (χ3v) is 2.74. The van der Waals surface area contributed by atoms with Crippen LogP contribution in [0.3, 0.4) is 0 Å². The highest BCUT2D eigenvalue weighted by Crippen LogP contribution is 2.25. The van der Waals surface area contributed by atoms with E-state index in [2.05, 4.69) is 11.5 Å². The first-order chi connectivity index (χ1) is 6.69. The average Bonchev–Trinajstić information content (AvgIpc) is 2.09. The van der Waals surface area contributed by atoms with E-state index in [1.807, 2.05) is 26.6 Å². The second-order valence-electron chi connectivity index (χ2n) is 4.79. The lowest BCUT2D eigenvalue weighted by atomic mass is 10.1. The first kappa shape index (κ1) is 14.6. The van der Waals surface area contributed by atoms with Crippen LogP contribution < -0.4 is 0 Å². The van der Waals surface area contributed by atoms with Crippen molar-refractivity contribution in [1.82, 2.24) is 0 Å². The molecule has 0 aromatic heterocycles. The SMILES string of the molecule is CCCCC(F)(F)C(O)C#C[Si](C)(C)C. The Morgan fingerprint density at radius 1 is 1.33 bits per heavy atom. The van der Waals surface area contributed by atoms with Crippen LogP contribution in [0.15, 0.2) is 0 Å². The summed E-state index contributed by atoms with van der Waals surface area (Å²) in [6.45, 7) is 7.71. The van der Waals surface area contributed by atoms with Crippen molar-refractivity contribution >= 4 is 8.07 Å². The molecule has 0 rings (SSSR count). The van der Waals surface area contributed by atoms with Crippen molar-refractivity contribution in [1.29, 1.82) is 0 Å². The zero-order valence-corrected chi connectivity index (χ0v) is 10.9. The van der Waals surface area contributed by atoms with Gasteiger partial charge in [-0.3, -0.25) is 0 Å². The molecule has 4 heteroatoms. The highest BCUT2D eigenvalue weighted by Gasteiger charge is 2.36. The molecule has 15 heavy (non-hydrogen) atoms. The standard InChI is InChI=1S/C11H20F2OSi/c1-5-6-8-11(12,13)10(14)7-9-15(2,3)4/h10,14H,5-6,8H2,1-4H3. The Hall–Kier alpha value is -0.403. The lowest BCUT2D eigenvalue weighted by Crippen LogP contribution is -2.32. The van der Waals surface area contributed by atoms with Crippen LogP contribution in [0.2, 0.25) is 19.6 Å². The van der Waals surface area contributed by atoms with Gasteiger partial charge in [-0.25, -0.2) is 8.78 Å². The predicted octanol–water partition coefficient (Wildman–Crippen LogP) is 3.05. The summed E-state index contributed by atoms with van der Waals surface area (Å²) in [6.07, 6.45) is -0.983. The summed E-state index contributed by atoms with van der Waals surface area (Å²) in [6, 6.07) is 0. The first-order valence-corrected chi connectivity index (χ1v) is 8.77. The summed E-state index contributed by atoms with van der Waals surface area (Å²) >= 11 is 0. The van der Waals surface area contributed by atoms with Gasteiger partial charge in [-0.05, 0) is 6.42 Å². The summed E-state index contributed by atoms with van der Waals surface area (Å²) in [5.41, 5.74) is 2.76. The Bertz CT molecular complexity index is 248. The Morgan fingerprint density at radius 3 is 2.27 bits per heavy atom. The van der Waals surface area contributed by atoms with Gasteiger partial charge in [0.05, 0.1) is 0 Å². The van der Waals surface area contributed by atoms with Gasteiger partial charge >= 0.3 is 0 Å². The van der Waals surface area contributed by atoms with Crippen molar-refractivity contribution in [2.45, 2.75) is 57.9 Å². The molecule has 0 bridgehead atoms. The number of aliphatic hydroxyl groups is 1. The van der Waals surface area contributed by atoms with Crippen molar-refractivity contribution in [3.05, 3.63) is 0 Å². The lowest BCUT2D eigenvalue weighted by Gasteiger charge is -2.18. The molecule has 0 amide bonds. The molecule has 0 spiro atoms. The monoisotopic (exact) mass is 234 g/mol. The number of unbranched alkanes of at least 4 members (excludes halogenated alkanes) is 1. The predicted molar refractivity (Wildman–Crippen MR) is 61.6 cm³/mol. The van der Waals surface area contributed by atoms with Gasteiger partial charge in [-0.2, -0.15) is 0 Å².